The lowest BCUT2D eigenvalue weighted by atomic mass is 10.1. The van der Waals surface area contributed by atoms with Crippen LogP contribution in [0.2, 0.25) is 0 Å². The molecule has 1 aliphatic heterocycles. The van der Waals surface area contributed by atoms with Crippen molar-refractivity contribution in [3.63, 3.8) is 0 Å². The second-order valence-corrected chi connectivity index (χ2v) is 6.78. The molecule has 0 saturated carbocycles. The Morgan fingerprint density at radius 3 is 2.60 bits per heavy atom. The van der Waals surface area contributed by atoms with Crippen LogP contribution in [-0.4, -0.2) is 43.5 Å². The SMILES string of the molecule is COC1CCN(c2ccc(NC(=O)c3cccnc3SC)cc2)CC1. The molecule has 2 heterocycles. The van der Waals surface area contributed by atoms with E-state index >= 15 is 0 Å². The second kappa shape index (κ2) is 8.36. The van der Waals surface area contributed by atoms with E-state index in [1.807, 2.05) is 18.4 Å². The summed E-state index contributed by atoms with van der Waals surface area (Å²) in [5, 5.41) is 3.68. The van der Waals surface area contributed by atoms with E-state index < -0.39 is 0 Å². The molecule has 1 aromatic carbocycles. The van der Waals surface area contributed by atoms with Gasteiger partial charge in [0.15, 0.2) is 0 Å². The van der Waals surface area contributed by atoms with Gasteiger partial charge in [-0.15, -0.1) is 11.8 Å². The number of anilines is 2. The van der Waals surface area contributed by atoms with E-state index in [9.17, 15) is 4.79 Å². The van der Waals surface area contributed by atoms with Crippen LogP contribution in [0.3, 0.4) is 0 Å². The summed E-state index contributed by atoms with van der Waals surface area (Å²) in [6.07, 6.45) is 6.09. The molecule has 1 aliphatic rings. The van der Waals surface area contributed by atoms with E-state index in [-0.39, 0.29) is 5.91 Å². The van der Waals surface area contributed by atoms with Crippen LogP contribution in [0, 0.1) is 0 Å². The Hall–Kier alpha value is -2.05. The Morgan fingerprint density at radius 2 is 1.96 bits per heavy atom. The highest BCUT2D eigenvalue weighted by molar-refractivity contribution is 7.98. The van der Waals surface area contributed by atoms with E-state index in [1.165, 1.54) is 17.4 Å². The third-order valence-corrected chi connectivity index (χ3v) is 5.19. The monoisotopic (exact) mass is 357 g/mol. The highest BCUT2D eigenvalue weighted by Crippen LogP contribution is 2.24. The summed E-state index contributed by atoms with van der Waals surface area (Å²) in [5.74, 6) is -0.133. The van der Waals surface area contributed by atoms with Crippen molar-refractivity contribution in [2.45, 2.75) is 24.0 Å². The molecule has 3 rings (SSSR count). The summed E-state index contributed by atoms with van der Waals surface area (Å²) in [6, 6.07) is 11.6. The molecule has 0 spiro atoms. The van der Waals surface area contributed by atoms with Gasteiger partial charge in [0.2, 0.25) is 0 Å². The molecule has 2 aromatic rings. The molecule has 1 aromatic heterocycles. The van der Waals surface area contributed by atoms with Gasteiger partial charge in [-0.1, -0.05) is 0 Å². The van der Waals surface area contributed by atoms with Crippen LogP contribution in [0.25, 0.3) is 0 Å². The summed E-state index contributed by atoms with van der Waals surface area (Å²) in [7, 11) is 1.78. The number of aromatic nitrogens is 1. The summed E-state index contributed by atoms with van der Waals surface area (Å²) >= 11 is 1.47. The van der Waals surface area contributed by atoms with Gasteiger partial charge in [-0.25, -0.2) is 4.98 Å². The minimum Gasteiger partial charge on any atom is -0.381 e. The van der Waals surface area contributed by atoms with E-state index in [2.05, 4.69) is 27.3 Å². The molecule has 1 fully saturated rings. The third kappa shape index (κ3) is 4.32. The Bertz CT molecular complexity index is 713. The van der Waals surface area contributed by atoms with E-state index in [0.717, 1.165) is 36.6 Å². The maximum Gasteiger partial charge on any atom is 0.258 e. The number of nitrogens with one attached hydrogen (secondary N) is 1. The average Bonchev–Trinajstić information content (AvgIpc) is 2.68. The lowest BCUT2D eigenvalue weighted by Crippen LogP contribution is -2.36. The number of hydrogen-bond acceptors (Lipinski definition) is 5. The van der Waals surface area contributed by atoms with Gasteiger partial charge >= 0.3 is 0 Å². The van der Waals surface area contributed by atoms with Crippen molar-refractivity contribution in [2.24, 2.45) is 0 Å². The van der Waals surface area contributed by atoms with Crippen LogP contribution in [-0.2, 0) is 4.74 Å². The number of benzene rings is 1. The average molecular weight is 357 g/mol. The number of hydrogen-bond donors (Lipinski definition) is 1. The van der Waals surface area contributed by atoms with Crippen molar-refractivity contribution in [3.8, 4) is 0 Å². The van der Waals surface area contributed by atoms with Crippen LogP contribution in [0.15, 0.2) is 47.6 Å². The minimum absolute atomic E-state index is 0.133. The number of methoxy groups -OCH3 is 1. The van der Waals surface area contributed by atoms with Crippen LogP contribution in [0.4, 0.5) is 11.4 Å². The number of carbonyl (C=O) groups excluding carboxylic acids is 1. The zero-order chi connectivity index (χ0) is 17.6. The summed E-state index contributed by atoms with van der Waals surface area (Å²) in [4.78, 5) is 19.0. The first-order chi connectivity index (χ1) is 12.2. The molecule has 25 heavy (non-hydrogen) atoms. The zero-order valence-corrected chi connectivity index (χ0v) is 15.4. The molecule has 0 unspecified atom stereocenters. The number of thioether (sulfide) groups is 1. The van der Waals surface area contributed by atoms with Crippen molar-refractivity contribution >= 4 is 29.0 Å². The van der Waals surface area contributed by atoms with Gasteiger partial charge in [0.25, 0.3) is 5.91 Å². The first-order valence-electron chi connectivity index (χ1n) is 8.39. The van der Waals surface area contributed by atoms with Crippen molar-refractivity contribution < 1.29 is 9.53 Å². The number of carbonyl (C=O) groups is 1. The number of amides is 1. The largest absolute Gasteiger partial charge is 0.381 e. The van der Waals surface area contributed by atoms with Gasteiger partial charge in [0, 0.05) is 37.8 Å². The van der Waals surface area contributed by atoms with Crippen molar-refractivity contribution in [1.82, 2.24) is 4.98 Å². The van der Waals surface area contributed by atoms with E-state index in [1.54, 1.807) is 25.4 Å². The molecule has 1 saturated heterocycles. The molecule has 0 bridgehead atoms. The summed E-state index contributed by atoms with van der Waals surface area (Å²) in [5.41, 5.74) is 2.57. The Labute approximate surface area is 152 Å². The molecular weight excluding hydrogens is 334 g/mol. The molecule has 1 N–H and O–H groups in total. The predicted octanol–water partition coefficient (Wildman–Crippen LogP) is 3.67. The Morgan fingerprint density at radius 1 is 1.24 bits per heavy atom. The quantitative estimate of drug-likeness (QED) is 0.828. The van der Waals surface area contributed by atoms with Crippen molar-refractivity contribution in [1.29, 1.82) is 0 Å². The zero-order valence-electron chi connectivity index (χ0n) is 14.6. The van der Waals surface area contributed by atoms with Crippen LogP contribution >= 0.6 is 11.8 Å². The summed E-state index contributed by atoms with van der Waals surface area (Å²) < 4.78 is 5.42. The fourth-order valence-electron chi connectivity index (χ4n) is 3.03. The van der Waals surface area contributed by atoms with Crippen molar-refractivity contribution in [3.05, 3.63) is 48.2 Å². The molecule has 0 atom stereocenters. The van der Waals surface area contributed by atoms with Gasteiger partial charge in [-0.2, -0.15) is 0 Å². The maximum absolute atomic E-state index is 12.5. The van der Waals surface area contributed by atoms with Gasteiger partial charge in [0.05, 0.1) is 11.7 Å². The number of pyridine rings is 1. The lowest BCUT2D eigenvalue weighted by Gasteiger charge is -2.33. The number of nitrogens with zero attached hydrogens (tertiary/aromatic N) is 2. The maximum atomic E-state index is 12.5. The minimum atomic E-state index is -0.133. The van der Waals surface area contributed by atoms with Crippen molar-refractivity contribution in [2.75, 3.05) is 36.7 Å². The molecule has 1 amide bonds. The van der Waals surface area contributed by atoms with Gasteiger partial charge in [-0.05, 0) is 55.5 Å². The molecule has 0 radical (unpaired) electrons. The van der Waals surface area contributed by atoms with Crippen LogP contribution < -0.4 is 10.2 Å². The van der Waals surface area contributed by atoms with E-state index in [4.69, 9.17) is 4.74 Å². The normalized spacial score (nSPS) is 15.2. The highest BCUT2D eigenvalue weighted by atomic mass is 32.2. The lowest BCUT2D eigenvalue weighted by molar-refractivity contribution is 0.0819. The van der Waals surface area contributed by atoms with Gasteiger partial charge < -0.3 is 15.0 Å². The summed E-state index contributed by atoms with van der Waals surface area (Å²) in [6.45, 7) is 1.99. The fourth-order valence-corrected chi connectivity index (χ4v) is 3.58. The van der Waals surface area contributed by atoms with E-state index in [0.29, 0.717) is 11.7 Å². The topological polar surface area (TPSA) is 54.5 Å². The second-order valence-electron chi connectivity index (χ2n) is 5.98. The number of piperidine rings is 1. The number of rotatable bonds is 5. The molecule has 0 aliphatic carbocycles. The first kappa shape index (κ1) is 17.8. The standard InChI is InChI=1S/C19H23N3O2S/c1-24-16-9-12-22(13-10-16)15-7-5-14(6-8-15)21-18(23)17-4-3-11-20-19(17)25-2/h3-8,11,16H,9-10,12-13H2,1-2H3,(H,21,23). The molecule has 5 nitrogen and oxygen atoms in total. The van der Waals surface area contributed by atoms with Crippen LogP contribution in [0.5, 0.6) is 0 Å². The molecule has 132 valence electrons. The highest BCUT2D eigenvalue weighted by Gasteiger charge is 2.19. The Balaban J connectivity index is 1.64. The third-order valence-electron chi connectivity index (χ3n) is 4.47. The smallest absolute Gasteiger partial charge is 0.258 e. The number of ether oxygens (including phenoxy) is 1. The van der Waals surface area contributed by atoms with Gasteiger partial charge in [-0.3, -0.25) is 4.79 Å². The molecular formula is C19H23N3O2S. The Kier molecular flexibility index (Phi) is 5.94. The van der Waals surface area contributed by atoms with Gasteiger partial charge in [0.1, 0.15) is 5.03 Å². The fraction of sp³-hybridized carbons (Fsp3) is 0.368. The molecule has 6 heteroatoms. The predicted molar refractivity (Wildman–Crippen MR) is 103 cm³/mol. The first-order valence-corrected chi connectivity index (χ1v) is 9.62. The van der Waals surface area contributed by atoms with Crippen LogP contribution in [0.1, 0.15) is 23.2 Å².